The van der Waals surface area contributed by atoms with E-state index in [9.17, 15) is 0 Å². The summed E-state index contributed by atoms with van der Waals surface area (Å²) in [6.45, 7) is 6.25. The molecule has 0 unspecified atom stereocenters. The Morgan fingerprint density at radius 2 is 2.06 bits per heavy atom. The van der Waals surface area contributed by atoms with Crippen LogP contribution in [0.3, 0.4) is 0 Å². The zero-order valence-electron chi connectivity index (χ0n) is 10.3. The van der Waals surface area contributed by atoms with Crippen LogP contribution in [-0.4, -0.2) is 6.54 Å². The molecule has 1 saturated carbocycles. The van der Waals surface area contributed by atoms with Gasteiger partial charge in [-0.25, -0.2) is 0 Å². The molecule has 0 radical (unpaired) electrons. The summed E-state index contributed by atoms with van der Waals surface area (Å²) in [5, 5.41) is 3.48. The van der Waals surface area contributed by atoms with Gasteiger partial charge in [-0.2, -0.15) is 0 Å². The van der Waals surface area contributed by atoms with Gasteiger partial charge in [0.05, 0.1) is 0 Å². The van der Waals surface area contributed by atoms with Crippen molar-refractivity contribution in [2.75, 3.05) is 6.54 Å². The van der Waals surface area contributed by atoms with Crippen LogP contribution in [0, 0.1) is 0 Å². The van der Waals surface area contributed by atoms with Crippen molar-refractivity contribution in [3.63, 3.8) is 0 Å². The summed E-state index contributed by atoms with van der Waals surface area (Å²) in [6.07, 6.45) is 5.00. The first-order chi connectivity index (χ1) is 7.77. The minimum Gasteiger partial charge on any atom is -0.309 e. The highest BCUT2D eigenvalue weighted by atomic mass is 14.8. The minimum absolute atomic E-state index is 0.849. The van der Waals surface area contributed by atoms with Gasteiger partial charge >= 0.3 is 0 Å². The van der Waals surface area contributed by atoms with Gasteiger partial charge in [0.15, 0.2) is 0 Å². The van der Waals surface area contributed by atoms with Gasteiger partial charge in [-0.05, 0) is 43.7 Å². The summed E-state index contributed by atoms with van der Waals surface area (Å²) in [5.74, 6) is 0.849. The van der Waals surface area contributed by atoms with Gasteiger partial charge in [0.25, 0.3) is 0 Å². The Morgan fingerprint density at radius 1 is 1.31 bits per heavy atom. The highest BCUT2D eigenvalue weighted by Gasteiger charge is 2.25. The molecule has 1 N–H and O–H groups in total. The maximum absolute atomic E-state index is 3.48. The highest BCUT2D eigenvalue weighted by Crippen LogP contribution is 2.41. The maximum Gasteiger partial charge on any atom is 0.0211 e. The van der Waals surface area contributed by atoms with E-state index in [1.165, 1.54) is 24.0 Å². The molecular formula is C15H21N. The molecule has 0 aliphatic heterocycles. The monoisotopic (exact) mass is 215 g/mol. The zero-order chi connectivity index (χ0) is 11.4. The van der Waals surface area contributed by atoms with Crippen LogP contribution in [0.15, 0.2) is 35.9 Å². The molecule has 1 aliphatic rings. The van der Waals surface area contributed by atoms with Gasteiger partial charge in [0, 0.05) is 13.1 Å². The second-order valence-corrected chi connectivity index (χ2v) is 4.89. The van der Waals surface area contributed by atoms with E-state index in [-0.39, 0.29) is 0 Å². The Bertz CT molecular complexity index is 371. The Labute approximate surface area is 98.6 Å². The summed E-state index contributed by atoms with van der Waals surface area (Å²) in [6, 6.07) is 8.84. The topological polar surface area (TPSA) is 12.0 Å². The third kappa shape index (κ3) is 3.21. The molecule has 86 valence electrons. The van der Waals surface area contributed by atoms with Gasteiger partial charge in [-0.15, -0.1) is 0 Å². The molecule has 1 aromatic carbocycles. The van der Waals surface area contributed by atoms with Crippen molar-refractivity contribution >= 4 is 0 Å². The van der Waals surface area contributed by atoms with E-state index in [0.29, 0.717) is 0 Å². The highest BCUT2D eigenvalue weighted by molar-refractivity contribution is 5.33. The lowest BCUT2D eigenvalue weighted by Crippen LogP contribution is -2.14. The van der Waals surface area contributed by atoms with Crippen molar-refractivity contribution in [3.05, 3.63) is 47.0 Å². The van der Waals surface area contributed by atoms with E-state index in [1.54, 1.807) is 5.56 Å². The predicted molar refractivity (Wildman–Crippen MR) is 69.6 cm³/mol. The number of rotatable bonds is 5. The number of benzene rings is 1. The second kappa shape index (κ2) is 5.31. The normalized spacial score (nSPS) is 14.9. The van der Waals surface area contributed by atoms with Crippen molar-refractivity contribution in [2.24, 2.45) is 0 Å². The average molecular weight is 215 g/mol. The van der Waals surface area contributed by atoms with Crippen LogP contribution in [0.25, 0.3) is 0 Å². The lowest BCUT2D eigenvalue weighted by molar-refractivity contribution is 0.748. The van der Waals surface area contributed by atoms with Crippen molar-refractivity contribution in [3.8, 4) is 0 Å². The largest absolute Gasteiger partial charge is 0.309 e. The smallest absolute Gasteiger partial charge is 0.0211 e. The Hall–Kier alpha value is -1.08. The van der Waals surface area contributed by atoms with Crippen molar-refractivity contribution in [1.82, 2.24) is 5.32 Å². The lowest BCUT2D eigenvalue weighted by atomic mass is 10.0. The van der Waals surface area contributed by atoms with Crippen LogP contribution in [0.1, 0.15) is 43.7 Å². The van der Waals surface area contributed by atoms with Crippen LogP contribution < -0.4 is 5.32 Å². The molecule has 1 aliphatic carbocycles. The van der Waals surface area contributed by atoms with Gasteiger partial charge < -0.3 is 5.32 Å². The van der Waals surface area contributed by atoms with E-state index in [0.717, 1.165) is 19.0 Å². The third-order valence-corrected chi connectivity index (χ3v) is 3.04. The van der Waals surface area contributed by atoms with Gasteiger partial charge in [-0.1, -0.05) is 35.9 Å². The Morgan fingerprint density at radius 3 is 2.75 bits per heavy atom. The van der Waals surface area contributed by atoms with Crippen LogP contribution in [-0.2, 0) is 6.54 Å². The molecule has 2 rings (SSSR count). The van der Waals surface area contributed by atoms with E-state index in [1.807, 2.05) is 0 Å². The summed E-state index contributed by atoms with van der Waals surface area (Å²) < 4.78 is 0. The number of hydrogen-bond acceptors (Lipinski definition) is 1. The van der Waals surface area contributed by atoms with Gasteiger partial charge in [0.1, 0.15) is 0 Å². The molecule has 0 heterocycles. The number of allylic oxidation sites excluding steroid dienone is 1. The van der Waals surface area contributed by atoms with E-state index in [2.05, 4.69) is 49.5 Å². The molecule has 1 nitrogen and oxygen atoms in total. The predicted octanol–water partition coefficient (Wildman–Crippen LogP) is 3.62. The molecule has 0 saturated heterocycles. The maximum atomic E-state index is 3.48. The quantitative estimate of drug-likeness (QED) is 0.584. The molecule has 0 aromatic heterocycles. The fraction of sp³-hybridized carbons (Fsp3) is 0.467. The molecule has 16 heavy (non-hydrogen) atoms. The molecule has 0 amide bonds. The SMILES string of the molecule is CC(C)=CCNCc1ccccc1C1CC1. The zero-order valence-corrected chi connectivity index (χ0v) is 10.3. The molecule has 1 aromatic rings. The molecule has 0 spiro atoms. The van der Waals surface area contributed by atoms with Gasteiger partial charge in [0.2, 0.25) is 0 Å². The molecular weight excluding hydrogens is 194 g/mol. The fourth-order valence-corrected chi connectivity index (χ4v) is 1.97. The molecule has 1 heteroatoms. The van der Waals surface area contributed by atoms with Crippen molar-refractivity contribution < 1.29 is 0 Å². The lowest BCUT2D eigenvalue weighted by Gasteiger charge is -2.08. The number of hydrogen-bond donors (Lipinski definition) is 1. The second-order valence-electron chi connectivity index (χ2n) is 4.89. The Kier molecular flexibility index (Phi) is 3.79. The van der Waals surface area contributed by atoms with Crippen molar-refractivity contribution in [2.45, 2.75) is 39.2 Å². The summed E-state index contributed by atoms with van der Waals surface area (Å²) in [5.41, 5.74) is 4.42. The summed E-state index contributed by atoms with van der Waals surface area (Å²) in [4.78, 5) is 0. The first kappa shape index (κ1) is 11.4. The minimum atomic E-state index is 0.849. The van der Waals surface area contributed by atoms with E-state index in [4.69, 9.17) is 0 Å². The van der Waals surface area contributed by atoms with Crippen LogP contribution in [0.2, 0.25) is 0 Å². The summed E-state index contributed by atoms with van der Waals surface area (Å²) in [7, 11) is 0. The van der Waals surface area contributed by atoms with E-state index < -0.39 is 0 Å². The Balaban J connectivity index is 1.91. The fourth-order valence-electron chi connectivity index (χ4n) is 1.97. The average Bonchev–Trinajstić information content (AvgIpc) is 3.08. The van der Waals surface area contributed by atoms with E-state index >= 15 is 0 Å². The molecule has 0 atom stereocenters. The first-order valence-corrected chi connectivity index (χ1v) is 6.19. The van der Waals surface area contributed by atoms with Crippen LogP contribution in [0.4, 0.5) is 0 Å². The third-order valence-electron chi connectivity index (χ3n) is 3.04. The molecule has 0 bridgehead atoms. The van der Waals surface area contributed by atoms with Crippen molar-refractivity contribution in [1.29, 1.82) is 0 Å². The van der Waals surface area contributed by atoms with Crippen LogP contribution >= 0.6 is 0 Å². The number of nitrogens with one attached hydrogen (secondary N) is 1. The van der Waals surface area contributed by atoms with Crippen LogP contribution in [0.5, 0.6) is 0 Å². The standard InChI is InChI=1S/C15H21N/c1-12(2)9-10-16-11-14-5-3-4-6-15(14)13-7-8-13/h3-6,9,13,16H,7-8,10-11H2,1-2H3. The summed E-state index contributed by atoms with van der Waals surface area (Å²) >= 11 is 0. The molecule has 1 fully saturated rings. The first-order valence-electron chi connectivity index (χ1n) is 6.19. The van der Waals surface area contributed by atoms with Gasteiger partial charge in [-0.3, -0.25) is 0 Å².